The molecule has 0 amide bonds. The van der Waals surface area contributed by atoms with Crippen molar-refractivity contribution < 1.29 is 15.3 Å². The fraction of sp³-hybridized carbons (Fsp3) is 0.619. The standard InChI is InChI=1S/C21H31NO3/c1-3-14-5-8-15(9-6-14)17-11-19(23)20(21(24,25)12-17)16-7-4-13(2)18(22)10-16/h3-4,7,10,14-15,17,19-20,23-25H,1,5-6,8-9,11-12,22H2,2H3. The van der Waals surface area contributed by atoms with Gasteiger partial charge in [0, 0.05) is 12.1 Å². The molecule has 25 heavy (non-hydrogen) atoms. The molecule has 2 fully saturated rings. The monoisotopic (exact) mass is 345 g/mol. The second kappa shape index (κ2) is 7.10. The third-order valence-corrected chi connectivity index (χ3v) is 6.47. The Hall–Kier alpha value is -1.36. The van der Waals surface area contributed by atoms with Crippen molar-refractivity contribution in [2.24, 2.45) is 17.8 Å². The molecule has 1 aromatic carbocycles. The summed E-state index contributed by atoms with van der Waals surface area (Å²) in [4.78, 5) is 0. The minimum absolute atomic E-state index is 0.148. The lowest BCUT2D eigenvalue weighted by molar-refractivity contribution is -0.231. The highest BCUT2D eigenvalue weighted by molar-refractivity contribution is 5.49. The van der Waals surface area contributed by atoms with Crippen LogP contribution in [0.1, 0.15) is 55.6 Å². The Morgan fingerprint density at radius 1 is 1.16 bits per heavy atom. The van der Waals surface area contributed by atoms with Crippen molar-refractivity contribution in [2.45, 2.75) is 63.3 Å². The van der Waals surface area contributed by atoms with E-state index < -0.39 is 17.8 Å². The second-order valence-corrected chi connectivity index (χ2v) is 8.15. The van der Waals surface area contributed by atoms with Crippen LogP contribution in [0, 0.1) is 24.7 Å². The number of hydrogen-bond donors (Lipinski definition) is 4. The molecule has 3 atom stereocenters. The van der Waals surface area contributed by atoms with Gasteiger partial charge in [-0.2, -0.15) is 0 Å². The molecule has 1 aromatic rings. The molecule has 2 aliphatic carbocycles. The lowest BCUT2D eigenvalue weighted by Crippen LogP contribution is -2.50. The Bertz CT molecular complexity index is 620. The lowest BCUT2D eigenvalue weighted by Gasteiger charge is -2.46. The predicted molar refractivity (Wildman–Crippen MR) is 99.9 cm³/mol. The number of aliphatic hydroxyl groups excluding tert-OH is 1. The first-order valence-electron chi connectivity index (χ1n) is 9.43. The molecule has 4 nitrogen and oxygen atoms in total. The van der Waals surface area contributed by atoms with E-state index in [0.29, 0.717) is 35.9 Å². The minimum atomic E-state index is -1.90. The van der Waals surface area contributed by atoms with Crippen molar-refractivity contribution >= 4 is 5.69 Å². The maximum atomic E-state index is 10.8. The molecule has 3 unspecified atom stereocenters. The maximum Gasteiger partial charge on any atom is 0.172 e. The van der Waals surface area contributed by atoms with Crippen molar-refractivity contribution in [2.75, 3.05) is 5.73 Å². The van der Waals surface area contributed by atoms with Gasteiger partial charge in [-0.05, 0) is 74.0 Å². The number of allylic oxidation sites excluding steroid dienone is 1. The third kappa shape index (κ3) is 3.76. The van der Waals surface area contributed by atoms with Gasteiger partial charge in [0.1, 0.15) is 0 Å². The van der Waals surface area contributed by atoms with Gasteiger partial charge < -0.3 is 21.1 Å². The first kappa shape index (κ1) is 18.4. The first-order chi connectivity index (χ1) is 11.8. The lowest BCUT2D eigenvalue weighted by atomic mass is 9.65. The molecule has 0 heterocycles. The normalized spacial score (nSPS) is 35.3. The highest BCUT2D eigenvalue weighted by atomic mass is 16.5. The quantitative estimate of drug-likeness (QED) is 0.385. The SMILES string of the molecule is C=CC1CCC(C2CC(O)C(c3ccc(C)c(N)c3)C(O)(O)C2)CC1. The Balaban J connectivity index is 1.75. The summed E-state index contributed by atoms with van der Waals surface area (Å²) in [6, 6.07) is 5.48. The van der Waals surface area contributed by atoms with Gasteiger partial charge in [0.25, 0.3) is 0 Å². The number of nitrogens with two attached hydrogens (primary N) is 1. The van der Waals surface area contributed by atoms with Crippen molar-refractivity contribution in [3.63, 3.8) is 0 Å². The van der Waals surface area contributed by atoms with Crippen LogP contribution >= 0.6 is 0 Å². The van der Waals surface area contributed by atoms with Crippen molar-refractivity contribution in [1.82, 2.24) is 0 Å². The molecule has 0 radical (unpaired) electrons. The maximum absolute atomic E-state index is 10.8. The number of rotatable bonds is 3. The van der Waals surface area contributed by atoms with Gasteiger partial charge in [0.2, 0.25) is 0 Å². The molecule has 138 valence electrons. The van der Waals surface area contributed by atoms with Crippen LogP contribution in [0.15, 0.2) is 30.9 Å². The van der Waals surface area contributed by atoms with Crippen LogP contribution in [0.2, 0.25) is 0 Å². The van der Waals surface area contributed by atoms with E-state index in [1.165, 1.54) is 0 Å². The predicted octanol–water partition coefficient (Wildman–Crippen LogP) is 3.11. The van der Waals surface area contributed by atoms with Crippen LogP contribution in [-0.2, 0) is 0 Å². The van der Waals surface area contributed by atoms with Gasteiger partial charge >= 0.3 is 0 Å². The Labute approximate surface area is 150 Å². The van der Waals surface area contributed by atoms with Crippen LogP contribution in [-0.4, -0.2) is 27.2 Å². The fourth-order valence-corrected chi connectivity index (χ4v) is 4.90. The highest BCUT2D eigenvalue weighted by Gasteiger charge is 2.49. The highest BCUT2D eigenvalue weighted by Crippen LogP contribution is 2.48. The fourth-order valence-electron chi connectivity index (χ4n) is 4.90. The second-order valence-electron chi connectivity index (χ2n) is 8.15. The average Bonchev–Trinajstić information content (AvgIpc) is 2.56. The Morgan fingerprint density at radius 2 is 1.84 bits per heavy atom. The zero-order valence-corrected chi connectivity index (χ0v) is 15.1. The molecule has 5 N–H and O–H groups in total. The zero-order valence-electron chi connectivity index (χ0n) is 15.1. The number of aryl methyl sites for hydroxylation is 1. The third-order valence-electron chi connectivity index (χ3n) is 6.47. The van der Waals surface area contributed by atoms with Gasteiger partial charge in [0.15, 0.2) is 5.79 Å². The van der Waals surface area contributed by atoms with Gasteiger partial charge in [-0.15, -0.1) is 6.58 Å². The summed E-state index contributed by atoms with van der Waals surface area (Å²) < 4.78 is 0. The molecule has 4 heteroatoms. The summed E-state index contributed by atoms with van der Waals surface area (Å²) in [6.45, 7) is 5.80. The topological polar surface area (TPSA) is 86.7 Å². The number of hydrogen-bond acceptors (Lipinski definition) is 4. The van der Waals surface area contributed by atoms with Crippen LogP contribution < -0.4 is 5.73 Å². The van der Waals surface area contributed by atoms with Gasteiger partial charge in [-0.1, -0.05) is 18.2 Å². The van der Waals surface area contributed by atoms with Crippen molar-refractivity contribution in [1.29, 1.82) is 0 Å². The van der Waals surface area contributed by atoms with Crippen LogP contribution in [0.25, 0.3) is 0 Å². The molecule has 0 aliphatic heterocycles. The van der Waals surface area contributed by atoms with Crippen LogP contribution in [0.4, 0.5) is 5.69 Å². The molecule has 0 aromatic heterocycles. The van der Waals surface area contributed by atoms with E-state index in [0.717, 1.165) is 31.2 Å². The molecule has 0 spiro atoms. The van der Waals surface area contributed by atoms with Crippen LogP contribution in [0.5, 0.6) is 0 Å². The Morgan fingerprint density at radius 3 is 2.40 bits per heavy atom. The van der Waals surface area contributed by atoms with E-state index in [1.54, 1.807) is 6.07 Å². The summed E-state index contributed by atoms with van der Waals surface area (Å²) in [6.07, 6.45) is 6.57. The van der Waals surface area contributed by atoms with E-state index >= 15 is 0 Å². The average molecular weight is 345 g/mol. The number of benzene rings is 1. The van der Waals surface area contributed by atoms with Crippen molar-refractivity contribution in [3.05, 3.63) is 42.0 Å². The van der Waals surface area contributed by atoms with Gasteiger partial charge in [-0.25, -0.2) is 0 Å². The molecular formula is C21H31NO3. The summed E-state index contributed by atoms with van der Waals surface area (Å²) >= 11 is 0. The molecular weight excluding hydrogens is 314 g/mol. The van der Waals surface area contributed by atoms with E-state index in [1.807, 2.05) is 25.1 Å². The number of anilines is 1. The number of nitrogen functional groups attached to an aromatic ring is 1. The van der Waals surface area contributed by atoms with Gasteiger partial charge in [0.05, 0.1) is 12.0 Å². The Kier molecular flexibility index (Phi) is 5.24. The largest absolute Gasteiger partial charge is 0.399 e. The smallest absolute Gasteiger partial charge is 0.172 e. The first-order valence-corrected chi connectivity index (χ1v) is 9.43. The zero-order chi connectivity index (χ0) is 18.2. The van der Waals surface area contributed by atoms with Crippen LogP contribution in [0.3, 0.4) is 0 Å². The summed E-state index contributed by atoms with van der Waals surface area (Å²) in [5.74, 6) is -1.43. The van der Waals surface area contributed by atoms with E-state index in [2.05, 4.69) is 6.58 Å². The minimum Gasteiger partial charge on any atom is -0.399 e. The summed E-state index contributed by atoms with van der Waals surface area (Å²) in [5, 5.41) is 32.3. The van der Waals surface area contributed by atoms with Gasteiger partial charge in [-0.3, -0.25) is 0 Å². The van der Waals surface area contributed by atoms with E-state index in [9.17, 15) is 15.3 Å². The number of aliphatic hydroxyl groups is 3. The van der Waals surface area contributed by atoms with E-state index in [-0.39, 0.29) is 5.92 Å². The molecule has 2 saturated carbocycles. The molecule has 3 rings (SSSR count). The van der Waals surface area contributed by atoms with E-state index in [4.69, 9.17) is 5.73 Å². The summed E-state index contributed by atoms with van der Waals surface area (Å²) in [7, 11) is 0. The molecule has 0 bridgehead atoms. The molecule has 2 aliphatic rings. The molecule has 0 saturated heterocycles. The van der Waals surface area contributed by atoms with Crippen molar-refractivity contribution in [3.8, 4) is 0 Å². The summed E-state index contributed by atoms with van der Waals surface area (Å²) in [5.41, 5.74) is 8.25.